The first-order chi connectivity index (χ1) is 14.9. The molecule has 4 rings (SSSR count). The number of carbonyl (C=O) groups excluding carboxylic acids is 2. The standard InChI is InChI=1S/C21H25N3O5S2/c1-2-18-21(26)23-17-12-16(5-6-19(17)29-18)31(27,28)24-9-7-14(8-10-24)20(25)22-13-15-4-3-11-30-15/h3-6,11-12,14,18H,2,7-10,13H2,1H3,(H,22,25)(H,23,26). The molecular formula is C21H25N3O5S2. The molecule has 1 aromatic carbocycles. The highest BCUT2D eigenvalue weighted by atomic mass is 32.2. The summed E-state index contributed by atoms with van der Waals surface area (Å²) in [6, 6.07) is 8.42. The van der Waals surface area contributed by atoms with Crippen LogP contribution in [0.4, 0.5) is 5.69 Å². The number of anilines is 1. The van der Waals surface area contributed by atoms with Crippen molar-refractivity contribution >= 4 is 38.9 Å². The molecule has 166 valence electrons. The summed E-state index contributed by atoms with van der Waals surface area (Å²) in [5.41, 5.74) is 0.360. The van der Waals surface area contributed by atoms with Crippen LogP contribution in [0.3, 0.4) is 0 Å². The summed E-state index contributed by atoms with van der Waals surface area (Å²) in [5, 5.41) is 7.62. The van der Waals surface area contributed by atoms with Gasteiger partial charge in [-0.05, 0) is 48.9 Å². The molecule has 2 amide bonds. The quantitative estimate of drug-likeness (QED) is 0.685. The Morgan fingerprint density at radius 3 is 2.74 bits per heavy atom. The summed E-state index contributed by atoms with van der Waals surface area (Å²) in [4.78, 5) is 25.7. The highest BCUT2D eigenvalue weighted by Gasteiger charge is 2.33. The van der Waals surface area contributed by atoms with Gasteiger partial charge in [0, 0.05) is 23.9 Å². The lowest BCUT2D eigenvalue weighted by molar-refractivity contribution is -0.126. The number of ether oxygens (including phenoxy) is 1. The van der Waals surface area contributed by atoms with Crippen molar-refractivity contribution in [2.24, 2.45) is 5.92 Å². The summed E-state index contributed by atoms with van der Waals surface area (Å²) in [7, 11) is -3.73. The zero-order valence-corrected chi connectivity index (χ0v) is 18.8. The van der Waals surface area contributed by atoms with Gasteiger partial charge >= 0.3 is 0 Å². The minimum Gasteiger partial charge on any atom is -0.478 e. The van der Waals surface area contributed by atoms with E-state index in [1.165, 1.54) is 16.4 Å². The number of nitrogens with zero attached hydrogens (tertiary/aromatic N) is 1. The molecule has 2 aromatic rings. The lowest BCUT2D eigenvalue weighted by atomic mass is 9.97. The van der Waals surface area contributed by atoms with Crippen LogP contribution in [0.5, 0.6) is 5.75 Å². The molecule has 0 saturated carbocycles. The maximum Gasteiger partial charge on any atom is 0.265 e. The van der Waals surface area contributed by atoms with Gasteiger partial charge in [0.15, 0.2) is 6.10 Å². The monoisotopic (exact) mass is 463 g/mol. The molecule has 1 saturated heterocycles. The van der Waals surface area contributed by atoms with E-state index >= 15 is 0 Å². The first-order valence-corrected chi connectivity index (χ1v) is 12.6. The molecule has 10 heteroatoms. The van der Waals surface area contributed by atoms with Crippen molar-refractivity contribution in [2.75, 3.05) is 18.4 Å². The molecule has 0 aliphatic carbocycles. The molecule has 0 bridgehead atoms. The molecule has 3 heterocycles. The largest absolute Gasteiger partial charge is 0.478 e. The highest BCUT2D eigenvalue weighted by Crippen LogP contribution is 2.34. The van der Waals surface area contributed by atoms with Gasteiger partial charge in [-0.1, -0.05) is 13.0 Å². The van der Waals surface area contributed by atoms with E-state index in [1.807, 2.05) is 24.4 Å². The number of thiophene rings is 1. The van der Waals surface area contributed by atoms with Crippen molar-refractivity contribution in [2.45, 2.75) is 43.7 Å². The third-order valence-corrected chi connectivity index (χ3v) is 8.39. The van der Waals surface area contributed by atoms with Crippen LogP contribution in [0.15, 0.2) is 40.6 Å². The number of hydrogen-bond donors (Lipinski definition) is 2. The number of fused-ring (bicyclic) bond motifs is 1. The lowest BCUT2D eigenvalue weighted by Crippen LogP contribution is -2.43. The average molecular weight is 464 g/mol. The number of rotatable bonds is 6. The Morgan fingerprint density at radius 2 is 2.06 bits per heavy atom. The van der Waals surface area contributed by atoms with Crippen LogP contribution in [-0.2, 0) is 26.2 Å². The van der Waals surface area contributed by atoms with E-state index in [9.17, 15) is 18.0 Å². The van der Waals surface area contributed by atoms with Gasteiger partial charge < -0.3 is 15.4 Å². The third-order valence-electron chi connectivity index (χ3n) is 5.62. The second-order valence-electron chi connectivity index (χ2n) is 7.64. The van der Waals surface area contributed by atoms with Gasteiger partial charge in [0.25, 0.3) is 5.91 Å². The zero-order valence-electron chi connectivity index (χ0n) is 17.2. The van der Waals surface area contributed by atoms with Gasteiger partial charge in [-0.3, -0.25) is 9.59 Å². The van der Waals surface area contributed by atoms with Crippen LogP contribution in [0.2, 0.25) is 0 Å². The Bertz CT molecular complexity index is 1060. The molecule has 1 fully saturated rings. The maximum absolute atomic E-state index is 13.1. The van der Waals surface area contributed by atoms with Gasteiger partial charge in [0.2, 0.25) is 15.9 Å². The molecule has 0 spiro atoms. The second kappa shape index (κ2) is 8.97. The molecule has 31 heavy (non-hydrogen) atoms. The predicted molar refractivity (Wildman–Crippen MR) is 117 cm³/mol. The molecule has 2 N–H and O–H groups in total. The summed E-state index contributed by atoms with van der Waals surface area (Å²) in [5.74, 6) is -0.0522. The van der Waals surface area contributed by atoms with Gasteiger partial charge in [-0.25, -0.2) is 8.42 Å². The minimum atomic E-state index is -3.73. The first-order valence-electron chi connectivity index (χ1n) is 10.3. The van der Waals surface area contributed by atoms with E-state index in [2.05, 4.69) is 10.6 Å². The topological polar surface area (TPSA) is 105 Å². The molecule has 1 aromatic heterocycles. The number of hydrogen-bond acceptors (Lipinski definition) is 6. The van der Waals surface area contributed by atoms with Crippen LogP contribution in [0.25, 0.3) is 0 Å². The van der Waals surface area contributed by atoms with Crippen molar-refractivity contribution in [1.29, 1.82) is 0 Å². The van der Waals surface area contributed by atoms with Crippen molar-refractivity contribution in [3.8, 4) is 5.75 Å². The van der Waals surface area contributed by atoms with E-state index in [1.54, 1.807) is 17.4 Å². The Morgan fingerprint density at radius 1 is 1.29 bits per heavy atom. The SMILES string of the molecule is CCC1Oc2ccc(S(=O)(=O)N3CCC(C(=O)NCc4cccs4)CC3)cc2NC1=O. The summed E-state index contributed by atoms with van der Waals surface area (Å²) >= 11 is 1.59. The van der Waals surface area contributed by atoms with E-state index in [4.69, 9.17) is 4.74 Å². The fourth-order valence-electron chi connectivity index (χ4n) is 3.80. The zero-order chi connectivity index (χ0) is 22.0. The fourth-order valence-corrected chi connectivity index (χ4v) is 5.94. The van der Waals surface area contributed by atoms with Gasteiger partial charge in [-0.2, -0.15) is 4.31 Å². The van der Waals surface area contributed by atoms with Gasteiger partial charge in [0.1, 0.15) is 5.75 Å². The van der Waals surface area contributed by atoms with Crippen LogP contribution >= 0.6 is 11.3 Å². The average Bonchev–Trinajstić information content (AvgIpc) is 3.30. The highest BCUT2D eigenvalue weighted by molar-refractivity contribution is 7.89. The molecule has 0 radical (unpaired) electrons. The Labute approximate surface area is 185 Å². The van der Waals surface area contributed by atoms with Crippen molar-refractivity contribution in [1.82, 2.24) is 9.62 Å². The van der Waals surface area contributed by atoms with Crippen LogP contribution < -0.4 is 15.4 Å². The number of piperidine rings is 1. The smallest absolute Gasteiger partial charge is 0.265 e. The Kier molecular flexibility index (Phi) is 6.31. The number of sulfonamides is 1. The minimum absolute atomic E-state index is 0.0374. The van der Waals surface area contributed by atoms with E-state index in [0.717, 1.165) is 4.88 Å². The summed E-state index contributed by atoms with van der Waals surface area (Å²) in [6.07, 6.45) is 0.901. The van der Waals surface area contributed by atoms with E-state index < -0.39 is 16.1 Å². The Hall–Kier alpha value is -2.43. The van der Waals surface area contributed by atoms with E-state index in [-0.39, 0.29) is 35.7 Å². The molecule has 1 unspecified atom stereocenters. The van der Waals surface area contributed by atoms with Crippen molar-refractivity contribution in [3.05, 3.63) is 40.6 Å². The molecule has 2 aliphatic heterocycles. The molecule has 1 atom stereocenters. The summed E-state index contributed by atoms with van der Waals surface area (Å²) < 4.78 is 33.2. The fraction of sp³-hybridized carbons (Fsp3) is 0.429. The number of carbonyl (C=O) groups is 2. The molecular weight excluding hydrogens is 438 g/mol. The number of amides is 2. The number of benzene rings is 1. The maximum atomic E-state index is 13.1. The molecule has 2 aliphatic rings. The summed E-state index contributed by atoms with van der Waals surface area (Å²) in [6.45, 7) is 2.89. The molecule has 8 nitrogen and oxygen atoms in total. The van der Waals surface area contributed by atoms with Crippen molar-refractivity contribution in [3.63, 3.8) is 0 Å². The van der Waals surface area contributed by atoms with Crippen molar-refractivity contribution < 1.29 is 22.7 Å². The first kappa shape index (κ1) is 21.8. The van der Waals surface area contributed by atoms with E-state index in [0.29, 0.717) is 37.2 Å². The van der Waals surface area contributed by atoms with Gasteiger partial charge in [-0.15, -0.1) is 11.3 Å². The van der Waals surface area contributed by atoms with Crippen LogP contribution in [-0.4, -0.2) is 43.7 Å². The van der Waals surface area contributed by atoms with Crippen LogP contribution in [0, 0.1) is 5.92 Å². The third kappa shape index (κ3) is 4.60. The lowest BCUT2D eigenvalue weighted by Gasteiger charge is -2.31. The predicted octanol–water partition coefficient (Wildman–Crippen LogP) is 2.57. The normalized spacial score (nSPS) is 19.9. The second-order valence-corrected chi connectivity index (χ2v) is 10.6. The van der Waals surface area contributed by atoms with Gasteiger partial charge in [0.05, 0.1) is 17.1 Å². The Balaban J connectivity index is 1.38. The number of nitrogens with one attached hydrogen (secondary N) is 2. The van der Waals surface area contributed by atoms with Crippen LogP contribution in [0.1, 0.15) is 31.1 Å².